The lowest BCUT2D eigenvalue weighted by Crippen LogP contribution is -2.40. The number of allylic oxidation sites excluding steroid dienone is 1. The number of hydrogen-bond donors (Lipinski definition) is 2. The zero-order valence-electron chi connectivity index (χ0n) is 10.2. The van der Waals surface area contributed by atoms with E-state index in [1.54, 1.807) is 0 Å². The minimum absolute atomic E-state index is 0.725. The van der Waals surface area contributed by atoms with Gasteiger partial charge in [0, 0.05) is 12.6 Å². The first-order valence-corrected chi connectivity index (χ1v) is 7.30. The third-order valence-electron chi connectivity index (χ3n) is 2.78. The molecule has 0 amide bonds. The Bertz CT molecular complexity index is 206. The van der Waals surface area contributed by atoms with Crippen LogP contribution in [0.25, 0.3) is 0 Å². The highest BCUT2D eigenvalue weighted by Gasteiger charge is 2.17. The highest BCUT2D eigenvalue weighted by molar-refractivity contribution is 7.98. The lowest BCUT2D eigenvalue weighted by atomic mass is 9.93. The molecule has 3 heteroatoms. The molecule has 0 radical (unpaired) electrons. The molecule has 15 heavy (non-hydrogen) atoms. The van der Waals surface area contributed by atoms with Crippen molar-refractivity contribution in [2.45, 2.75) is 45.6 Å². The Labute approximate surface area is 98.3 Å². The summed E-state index contributed by atoms with van der Waals surface area (Å²) in [5.41, 5.74) is 1.37. The summed E-state index contributed by atoms with van der Waals surface area (Å²) in [7, 11) is 0. The average molecular weight is 228 g/mol. The van der Waals surface area contributed by atoms with Gasteiger partial charge in [-0.2, -0.15) is 11.8 Å². The quantitative estimate of drug-likeness (QED) is 0.655. The van der Waals surface area contributed by atoms with Crippen LogP contribution >= 0.6 is 11.8 Å². The monoisotopic (exact) mass is 228 g/mol. The van der Waals surface area contributed by atoms with Gasteiger partial charge in [0.25, 0.3) is 0 Å². The van der Waals surface area contributed by atoms with Crippen LogP contribution in [0.1, 0.15) is 39.5 Å². The van der Waals surface area contributed by atoms with E-state index in [1.165, 1.54) is 42.8 Å². The van der Waals surface area contributed by atoms with Crippen LogP contribution in [-0.4, -0.2) is 24.6 Å². The predicted molar refractivity (Wildman–Crippen MR) is 70.2 cm³/mol. The minimum Gasteiger partial charge on any atom is -0.372 e. The van der Waals surface area contributed by atoms with Crippen molar-refractivity contribution in [1.29, 1.82) is 0 Å². The second-order valence-corrected chi connectivity index (χ2v) is 5.41. The van der Waals surface area contributed by atoms with Crippen molar-refractivity contribution >= 4 is 11.8 Å². The van der Waals surface area contributed by atoms with Gasteiger partial charge in [-0.1, -0.05) is 0 Å². The van der Waals surface area contributed by atoms with E-state index in [0.717, 1.165) is 12.6 Å². The maximum atomic E-state index is 3.59. The van der Waals surface area contributed by atoms with Crippen LogP contribution in [0.15, 0.2) is 11.4 Å². The maximum absolute atomic E-state index is 3.59. The van der Waals surface area contributed by atoms with Gasteiger partial charge in [0.1, 0.15) is 0 Å². The summed E-state index contributed by atoms with van der Waals surface area (Å²) in [6, 6.07) is 0.725. The zero-order chi connectivity index (χ0) is 11.1. The van der Waals surface area contributed by atoms with Crippen LogP contribution < -0.4 is 10.6 Å². The lowest BCUT2D eigenvalue weighted by molar-refractivity contribution is 0.354. The van der Waals surface area contributed by atoms with Gasteiger partial charge in [0.15, 0.2) is 0 Å². The molecule has 0 atom stereocenters. The molecular weight excluding hydrogens is 204 g/mol. The van der Waals surface area contributed by atoms with Gasteiger partial charge in [-0.05, 0) is 57.1 Å². The fourth-order valence-corrected chi connectivity index (χ4v) is 1.99. The molecular formula is C12H24N2S. The number of thioether (sulfide) groups is 1. The van der Waals surface area contributed by atoms with Gasteiger partial charge in [-0.25, -0.2) is 0 Å². The lowest BCUT2D eigenvalue weighted by Gasteiger charge is -2.30. The molecule has 1 fully saturated rings. The second-order valence-electron chi connectivity index (χ2n) is 4.42. The van der Waals surface area contributed by atoms with Gasteiger partial charge in [0.2, 0.25) is 0 Å². The molecule has 0 aromatic heterocycles. The van der Waals surface area contributed by atoms with Crippen molar-refractivity contribution in [3.05, 3.63) is 11.4 Å². The molecule has 0 aliphatic heterocycles. The van der Waals surface area contributed by atoms with Gasteiger partial charge in [0.05, 0.1) is 5.82 Å². The second kappa shape index (κ2) is 7.04. The molecule has 1 saturated carbocycles. The fraction of sp³-hybridized carbons (Fsp3) is 0.833. The molecule has 0 saturated heterocycles. The molecule has 0 aromatic rings. The highest BCUT2D eigenvalue weighted by Crippen LogP contribution is 2.19. The molecule has 2 N–H and O–H groups in total. The van der Waals surface area contributed by atoms with E-state index < -0.39 is 0 Å². The Kier molecular flexibility index (Phi) is 5.99. The normalized spacial score (nSPS) is 15.7. The summed E-state index contributed by atoms with van der Waals surface area (Å²) in [6.07, 6.45) is 7.46. The highest BCUT2D eigenvalue weighted by atomic mass is 32.2. The third kappa shape index (κ3) is 4.83. The fourth-order valence-electron chi connectivity index (χ4n) is 1.56. The molecule has 1 aliphatic rings. The molecule has 0 unspecified atom stereocenters. The van der Waals surface area contributed by atoms with Gasteiger partial charge < -0.3 is 10.6 Å². The Hall–Kier alpha value is -0.310. The van der Waals surface area contributed by atoms with Crippen LogP contribution in [0, 0.1) is 0 Å². The molecule has 2 nitrogen and oxygen atoms in total. The Balaban J connectivity index is 2.21. The van der Waals surface area contributed by atoms with Crippen LogP contribution in [0.2, 0.25) is 0 Å². The zero-order valence-corrected chi connectivity index (χ0v) is 11.0. The molecule has 0 aromatic carbocycles. The summed E-state index contributed by atoms with van der Waals surface area (Å²) in [5.74, 6) is 2.51. The predicted octanol–water partition coefficient (Wildman–Crippen LogP) is 2.72. The van der Waals surface area contributed by atoms with E-state index in [9.17, 15) is 0 Å². The summed E-state index contributed by atoms with van der Waals surface area (Å²) >= 11 is 1.91. The summed E-state index contributed by atoms with van der Waals surface area (Å²) < 4.78 is 0. The molecule has 88 valence electrons. The van der Waals surface area contributed by atoms with Crippen molar-refractivity contribution < 1.29 is 0 Å². The van der Waals surface area contributed by atoms with Crippen molar-refractivity contribution in [2.24, 2.45) is 0 Å². The standard InChI is InChI=1S/C12H24N2S/c1-10(2)12(13-8-5-9-15-3)14-11-6-4-7-11/h11,13-14H,4-9H2,1-3H3. The van der Waals surface area contributed by atoms with E-state index in [2.05, 4.69) is 30.7 Å². The van der Waals surface area contributed by atoms with Crippen molar-refractivity contribution in [1.82, 2.24) is 10.6 Å². The Morgan fingerprint density at radius 2 is 2.07 bits per heavy atom. The maximum Gasteiger partial charge on any atom is 0.0974 e. The van der Waals surface area contributed by atoms with E-state index >= 15 is 0 Å². The van der Waals surface area contributed by atoms with Gasteiger partial charge in [-0.15, -0.1) is 0 Å². The molecule has 1 rings (SSSR count). The van der Waals surface area contributed by atoms with Crippen LogP contribution in [0.4, 0.5) is 0 Å². The third-order valence-corrected chi connectivity index (χ3v) is 3.48. The summed E-state index contributed by atoms with van der Waals surface area (Å²) in [5, 5.41) is 7.10. The Morgan fingerprint density at radius 1 is 1.33 bits per heavy atom. The summed E-state index contributed by atoms with van der Waals surface area (Å²) in [4.78, 5) is 0. The number of hydrogen-bond acceptors (Lipinski definition) is 3. The van der Waals surface area contributed by atoms with E-state index in [0.29, 0.717) is 0 Å². The molecule has 0 heterocycles. The molecule has 0 spiro atoms. The molecule has 1 aliphatic carbocycles. The van der Waals surface area contributed by atoms with Gasteiger partial charge >= 0.3 is 0 Å². The smallest absolute Gasteiger partial charge is 0.0974 e. The average Bonchev–Trinajstić information content (AvgIpc) is 2.13. The first kappa shape index (κ1) is 12.8. The van der Waals surface area contributed by atoms with Gasteiger partial charge in [-0.3, -0.25) is 0 Å². The van der Waals surface area contributed by atoms with Crippen LogP contribution in [0.3, 0.4) is 0 Å². The van der Waals surface area contributed by atoms with Crippen LogP contribution in [-0.2, 0) is 0 Å². The Morgan fingerprint density at radius 3 is 2.53 bits per heavy atom. The van der Waals surface area contributed by atoms with E-state index in [1.807, 2.05) is 11.8 Å². The molecule has 0 bridgehead atoms. The van der Waals surface area contributed by atoms with Crippen molar-refractivity contribution in [2.75, 3.05) is 18.6 Å². The van der Waals surface area contributed by atoms with E-state index in [-0.39, 0.29) is 0 Å². The number of rotatable bonds is 7. The van der Waals surface area contributed by atoms with Crippen LogP contribution in [0.5, 0.6) is 0 Å². The van der Waals surface area contributed by atoms with Crippen molar-refractivity contribution in [3.63, 3.8) is 0 Å². The topological polar surface area (TPSA) is 24.1 Å². The van der Waals surface area contributed by atoms with Crippen molar-refractivity contribution in [3.8, 4) is 0 Å². The minimum atomic E-state index is 0.725. The largest absolute Gasteiger partial charge is 0.372 e. The first-order valence-electron chi connectivity index (χ1n) is 5.91. The summed E-state index contributed by atoms with van der Waals surface area (Å²) in [6.45, 7) is 5.42. The SMILES string of the molecule is CSCCCNC(NC1CCC1)=C(C)C. The van der Waals surface area contributed by atoms with E-state index in [4.69, 9.17) is 0 Å². The first-order chi connectivity index (χ1) is 7.24. The number of nitrogens with one attached hydrogen (secondary N) is 2.